The lowest BCUT2D eigenvalue weighted by Gasteiger charge is -2.12. The molecule has 0 bridgehead atoms. The molecule has 20 heavy (non-hydrogen) atoms. The van der Waals surface area contributed by atoms with Crippen molar-refractivity contribution in [2.45, 2.75) is 6.92 Å². The van der Waals surface area contributed by atoms with E-state index >= 15 is 0 Å². The van der Waals surface area contributed by atoms with E-state index < -0.39 is 0 Å². The molecule has 3 rings (SSSR count). The molecule has 2 aromatic carbocycles. The zero-order chi connectivity index (χ0) is 14.1. The number of pyridine rings is 1. The molecule has 0 atom stereocenters. The highest BCUT2D eigenvalue weighted by Crippen LogP contribution is 2.34. The summed E-state index contributed by atoms with van der Waals surface area (Å²) in [4.78, 5) is 4.29. The number of aromatic nitrogens is 1. The van der Waals surface area contributed by atoms with Gasteiger partial charge in [-0.25, -0.2) is 0 Å². The van der Waals surface area contributed by atoms with Crippen molar-refractivity contribution >= 4 is 28.2 Å². The van der Waals surface area contributed by atoms with Crippen molar-refractivity contribution in [3.63, 3.8) is 0 Å². The summed E-state index contributed by atoms with van der Waals surface area (Å²) >= 11 is 5.98. The highest BCUT2D eigenvalue weighted by Gasteiger charge is 2.09. The maximum Gasteiger partial charge on any atom is 0.153 e. The largest absolute Gasteiger partial charge is 0.454 e. The Kier molecular flexibility index (Phi) is 3.20. The van der Waals surface area contributed by atoms with Gasteiger partial charge in [-0.2, -0.15) is 0 Å². The zero-order valence-corrected chi connectivity index (χ0v) is 11.7. The average Bonchev–Trinajstić information content (AvgIpc) is 2.42. The Hall–Kier alpha value is -2.26. The van der Waals surface area contributed by atoms with Crippen LogP contribution in [-0.2, 0) is 0 Å². The molecule has 0 unspecified atom stereocenters. The van der Waals surface area contributed by atoms with E-state index in [1.165, 1.54) is 0 Å². The average molecular weight is 285 g/mol. The topological polar surface area (TPSA) is 48.1 Å². The van der Waals surface area contributed by atoms with Crippen LogP contribution in [0.3, 0.4) is 0 Å². The molecule has 0 saturated carbocycles. The predicted octanol–water partition coefficient (Wildman–Crippen LogP) is 4.57. The summed E-state index contributed by atoms with van der Waals surface area (Å²) in [6.45, 7) is 1.96. The molecule has 0 saturated heterocycles. The normalized spacial score (nSPS) is 10.7. The first-order chi connectivity index (χ1) is 9.65. The van der Waals surface area contributed by atoms with Gasteiger partial charge in [-0.3, -0.25) is 4.98 Å². The number of nitrogens with zero attached hydrogens (tertiary/aromatic N) is 1. The van der Waals surface area contributed by atoms with Gasteiger partial charge in [-0.05, 0) is 42.8 Å². The van der Waals surface area contributed by atoms with Crippen molar-refractivity contribution in [3.05, 3.63) is 59.2 Å². The number of benzene rings is 2. The minimum absolute atomic E-state index is 0.615. The van der Waals surface area contributed by atoms with E-state index in [1.807, 2.05) is 49.4 Å². The minimum Gasteiger partial charge on any atom is -0.454 e. The third-order valence-corrected chi connectivity index (χ3v) is 3.35. The van der Waals surface area contributed by atoms with E-state index in [9.17, 15) is 0 Å². The second-order valence-electron chi connectivity index (χ2n) is 4.57. The van der Waals surface area contributed by atoms with Crippen molar-refractivity contribution in [2.75, 3.05) is 5.73 Å². The molecule has 4 heteroatoms. The molecule has 0 aliphatic carbocycles. The first-order valence-corrected chi connectivity index (χ1v) is 6.60. The van der Waals surface area contributed by atoms with Crippen LogP contribution in [0, 0.1) is 6.92 Å². The Morgan fingerprint density at radius 3 is 2.80 bits per heavy atom. The SMILES string of the molecule is Cc1cccc(N)c1Oc1ccnc2cc(Cl)ccc12. The Morgan fingerprint density at radius 2 is 2.00 bits per heavy atom. The summed E-state index contributed by atoms with van der Waals surface area (Å²) in [5, 5.41) is 1.55. The van der Waals surface area contributed by atoms with Crippen LogP contribution in [0.1, 0.15) is 5.56 Å². The lowest BCUT2D eigenvalue weighted by molar-refractivity contribution is 0.486. The summed E-state index contributed by atoms with van der Waals surface area (Å²) in [6, 6.07) is 13.0. The molecule has 0 fully saturated rings. The van der Waals surface area contributed by atoms with Gasteiger partial charge in [-0.15, -0.1) is 0 Å². The molecule has 0 spiro atoms. The maximum atomic E-state index is 5.98. The maximum absolute atomic E-state index is 5.98. The third kappa shape index (κ3) is 2.28. The minimum atomic E-state index is 0.615. The fourth-order valence-electron chi connectivity index (χ4n) is 2.11. The first kappa shape index (κ1) is 12.8. The summed E-state index contributed by atoms with van der Waals surface area (Å²) in [5.41, 5.74) is 8.37. The Balaban J connectivity index is 2.11. The van der Waals surface area contributed by atoms with Gasteiger partial charge in [0.05, 0.1) is 11.2 Å². The van der Waals surface area contributed by atoms with Crippen LogP contribution < -0.4 is 10.5 Å². The number of nitrogens with two attached hydrogens (primary N) is 1. The number of anilines is 1. The second-order valence-corrected chi connectivity index (χ2v) is 5.00. The van der Waals surface area contributed by atoms with Crippen molar-refractivity contribution in [1.82, 2.24) is 4.98 Å². The second kappa shape index (κ2) is 5.02. The summed E-state index contributed by atoms with van der Waals surface area (Å²) in [5.74, 6) is 1.39. The van der Waals surface area contributed by atoms with E-state index in [0.29, 0.717) is 22.2 Å². The molecule has 0 amide bonds. The van der Waals surface area contributed by atoms with E-state index in [-0.39, 0.29) is 0 Å². The van der Waals surface area contributed by atoms with Crippen LogP contribution in [0.15, 0.2) is 48.7 Å². The molecule has 1 heterocycles. The molecular formula is C16H13ClN2O. The summed E-state index contributed by atoms with van der Waals surface area (Å²) in [7, 11) is 0. The molecule has 100 valence electrons. The number of para-hydroxylation sites is 1. The van der Waals surface area contributed by atoms with Crippen molar-refractivity contribution in [3.8, 4) is 11.5 Å². The number of hydrogen-bond acceptors (Lipinski definition) is 3. The summed E-state index contributed by atoms with van der Waals surface area (Å²) in [6.07, 6.45) is 1.70. The number of fused-ring (bicyclic) bond motifs is 1. The molecule has 1 aromatic heterocycles. The smallest absolute Gasteiger partial charge is 0.153 e. The van der Waals surface area contributed by atoms with Crippen molar-refractivity contribution in [1.29, 1.82) is 0 Å². The van der Waals surface area contributed by atoms with Gasteiger partial charge >= 0.3 is 0 Å². The predicted molar refractivity (Wildman–Crippen MR) is 82.4 cm³/mol. The number of halogens is 1. The van der Waals surface area contributed by atoms with Gasteiger partial charge in [0.15, 0.2) is 5.75 Å². The highest BCUT2D eigenvalue weighted by atomic mass is 35.5. The number of nitrogen functional groups attached to an aromatic ring is 1. The zero-order valence-electron chi connectivity index (χ0n) is 10.9. The number of aryl methyl sites for hydroxylation is 1. The van der Waals surface area contributed by atoms with Crippen LogP contribution in [0.4, 0.5) is 5.69 Å². The fourth-order valence-corrected chi connectivity index (χ4v) is 2.27. The lowest BCUT2D eigenvalue weighted by atomic mass is 10.2. The molecule has 0 aliphatic rings. The van der Waals surface area contributed by atoms with Crippen molar-refractivity contribution in [2.24, 2.45) is 0 Å². The van der Waals surface area contributed by atoms with Crippen LogP contribution in [0.5, 0.6) is 11.5 Å². The van der Waals surface area contributed by atoms with Gasteiger partial charge < -0.3 is 10.5 Å². The number of rotatable bonds is 2. The molecule has 0 aliphatic heterocycles. The third-order valence-electron chi connectivity index (χ3n) is 3.12. The van der Waals surface area contributed by atoms with Gasteiger partial charge in [0.1, 0.15) is 5.75 Å². The first-order valence-electron chi connectivity index (χ1n) is 6.22. The molecule has 3 nitrogen and oxygen atoms in total. The molecule has 0 radical (unpaired) electrons. The Labute approximate surface area is 122 Å². The Morgan fingerprint density at radius 1 is 1.15 bits per heavy atom. The highest BCUT2D eigenvalue weighted by molar-refractivity contribution is 6.31. The molecular weight excluding hydrogens is 272 g/mol. The fraction of sp³-hybridized carbons (Fsp3) is 0.0625. The van der Waals surface area contributed by atoms with E-state index in [2.05, 4.69) is 4.98 Å². The van der Waals surface area contributed by atoms with Crippen LogP contribution in [0.25, 0.3) is 10.9 Å². The monoisotopic (exact) mass is 284 g/mol. The standard InChI is InChI=1S/C16H13ClN2O/c1-10-3-2-4-13(18)16(10)20-15-7-8-19-14-9-11(17)5-6-12(14)15/h2-9H,18H2,1H3. The van der Waals surface area contributed by atoms with Gasteiger partial charge in [-0.1, -0.05) is 23.7 Å². The number of ether oxygens (including phenoxy) is 1. The van der Waals surface area contributed by atoms with Crippen LogP contribution in [0.2, 0.25) is 5.02 Å². The van der Waals surface area contributed by atoms with Crippen LogP contribution in [-0.4, -0.2) is 4.98 Å². The van der Waals surface area contributed by atoms with E-state index in [4.69, 9.17) is 22.1 Å². The molecule has 3 aromatic rings. The summed E-state index contributed by atoms with van der Waals surface area (Å²) < 4.78 is 5.98. The Bertz CT molecular complexity index is 766. The van der Waals surface area contributed by atoms with E-state index in [1.54, 1.807) is 6.20 Å². The van der Waals surface area contributed by atoms with Gasteiger partial charge in [0.25, 0.3) is 0 Å². The van der Waals surface area contributed by atoms with Gasteiger partial charge in [0.2, 0.25) is 0 Å². The lowest BCUT2D eigenvalue weighted by Crippen LogP contribution is -1.95. The van der Waals surface area contributed by atoms with E-state index in [0.717, 1.165) is 16.5 Å². The van der Waals surface area contributed by atoms with Crippen LogP contribution >= 0.6 is 11.6 Å². The number of hydrogen-bond donors (Lipinski definition) is 1. The quantitative estimate of drug-likeness (QED) is 0.701. The van der Waals surface area contributed by atoms with Crippen molar-refractivity contribution < 1.29 is 4.74 Å². The van der Waals surface area contributed by atoms with Gasteiger partial charge in [0, 0.05) is 16.6 Å². The molecule has 2 N–H and O–H groups in total.